The molecule has 1 atom stereocenters. The third-order valence-corrected chi connectivity index (χ3v) is 5.08. The zero-order chi connectivity index (χ0) is 14.8. The third-order valence-electron chi connectivity index (χ3n) is 4.69. The molecule has 2 saturated heterocycles. The van der Waals surface area contributed by atoms with Crippen LogP contribution in [0, 0.1) is 5.41 Å². The summed E-state index contributed by atoms with van der Waals surface area (Å²) in [5.74, 6) is 0.107. The number of piperazine rings is 1. The van der Waals surface area contributed by atoms with Crippen LogP contribution in [-0.2, 0) is 9.53 Å². The summed E-state index contributed by atoms with van der Waals surface area (Å²) in [6, 6.07) is 0.390. The average Bonchev–Trinajstić information content (AvgIpc) is 2.47. The summed E-state index contributed by atoms with van der Waals surface area (Å²) in [6.07, 6.45) is 1.23. The molecule has 2 fully saturated rings. The quantitative estimate of drug-likeness (QED) is 0.774. The van der Waals surface area contributed by atoms with E-state index in [4.69, 9.17) is 22.7 Å². The number of likely N-dealkylation sites (N-methyl/N-ethyl adjacent to an activating group) is 1. The van der Waals surface area contributed by atoms with Gasteiger partial charge in [-0.15, -0.1) is 0 Å². The van der Waals surface area contributed by atoms with E-state index in [0.717, 1.165) is 26.2 Å². The Hall–Kier alpha value is -0.720. The minimum Gasteiger partial charge on any atom is -0.392 e. The Kier molecular flexibility index (Phi) is 4.99. The smallest absolute Gasteiger partial charge is 0.235 e. The number of nitrogens with two attached hydrogens (primary N) is 1. The third kappa shape index (κ3) is 2.82. The highest BCUT2D eigenvalue weighted by Gasteiger charge is 2.46. The van der Waals surface area contributed by atoms with Gasteiger partial charge in [0.05, 0.1) is 4.99 Å². The number of nitrogens with zero attached hydrogens (tertiary/aromatic N) is 2. The van der Waals surface area contributed by atoms with Crippen LogP contribution in [0.1, 0.15) is 26.7 Å². The van der Waals surface area contributed by atoms with Crippen LogP contribution in [0.15, 0.2) is 0 Å². The minimum absolute atomic E-state index is 0.107. The SMILES string of the molecule is CCN1CCN(C(=O)C2(C(N)=S)CCOCC2)CC1C. The molecule has 2 heterocycles. The second-order valence-corrected chi connectivity index (χ2v) is 6.23. The monoisotopic (exact) mass is 299 g/mol. The van der Waals surface area contributed by atoms with Gasteiger partial charge in [0, 0.05) is 38.9 Å². The number of carbonyl (C=O) groups is 1. The van der Waals surface area contributed by atoms with Gasteiger partial charge in [0.1, 0.15) is 5.41 Å². The maximum Gasteiger partial charge on any atom is 0.235 e. The number of thiocarbonyl (C=S) groups is 1. The van der Waals surface area contributed by atoms with Crippen molar-refractivity contribution >= 4 is 23.1 Å². The topological polar surface area (TPSA) is 58.8 Å². The summed E-state index contributed by atoms with van der Waals surface area (Å²) in [5, 5.41) is 0. The summed E-state index contributed by atoms with van der Waals surface area (Å²) in [4.78, 5) is 17.6. The van der Waals surface area contributed by atoms with Crippen LogP contribution in [0.25, 0.3) is 0 Å². The molecular formula is C14H25N3O2S. The van der Waals surface area contributed by atoms with Gasteiger partial charge in [-0.25, -0.2) is 0 Å². The van der Waals surface area contributed by atoms with Crippen molar-refractivity contribution in [3.63, 3.8) is 0 Å². The lowest BCUT2D eigenvalue weighted by atomic mass is 9.78. The van der Waals surface area contributed by atoms with Crippen molar-refractivity contribution in [3.05, 3.63) is 0 Å². The molecule has 1 unspecified atom stereocenters. The molecule has 114 valence electrons. The minimum atomic E-state index is -0.679. The van der Waals surface area contributed by atoms with Gasteiger partial charge in [-0.2, -0.15) is 0 Å². The molecule has 1 amide bonds. The zero-order valence-corrected chi connectivity index (χ0v) is 13.2. The van der Waals surface area contributed by atoms with Gasteiger partial charge in [0.15, 0.2) is 0 Å². The first-order chi connectivity index (χ1) is 9.51. The lowest BCUT2D eigenvalue weighted by molar-refractivity contribution is -0.145. The number of carbonyl (C=O) groups excluding carboxylic acids is 1. The average molecular weight is 299 g/mol. The molecule has 2 N–H and O–H groups in total. The molecule has 0 aromatic rings. The second kappa shape index (κ2) is 6.37. The molecule has 6 heteroatoms. The van der Waals surface area contributed by atoms with Crippen molar-refractivity contribution in [3.8, 4) is 0 Å². The molecule has 2 aliphatic rings. The van der Waals surface area contributed by atoms with Crippen LogP contribution in [0.4, 0.5) is 0 Å². The molecular weight excluding hydrogens is 274 g/mol. The van der Waals surface area contributed by atoms with E-state index in [1.165, 1.54) is 0 Å². The fourth-order valence-corrected chi connectivity index (χ4v) is 3.53. The van der Waals surface area contributed by atoms with Crippen LogP contribution in [-0.4, -0.2) is 66.1 Å². The summed E-state index contributed by atoms with van der Waals surface area (Å²) in [7, 11) is 0. The van der Waals surface area contributed by atoms with Gasteiger partial charge < -0.3 is 15.4 Å². The maximum atomic E-state index is 12.9. The van der Waals surface area contributed by atoms with Gasteiger partial charge in [-0.3, -0.25) is 9.69 Å². The van der Waals surface area contributed by atoms with Gasteiger partial charge in [0.2, 0.25) is 5.91 Å². The number of hydrogen-bond donors (Lipinski definition) is 1. The summed E-state index contributed by atoms with van der Waals surface area (Å²) < 4.78 is 5.37. The van der Waals surface area contributed by atoms with Crippen molar-refractivity contribution < 1.29 is 9.53 Å². The predicted octanol–water partition coefficient (Wildman–Crippen LogP) is 0.622. The Morgan fingerprint density at radius 3 is 2.55 bits per heavy atom. The van der Waals surface area contributed by atoms with Gasteiger partial charge >= 0.3 is 0 Å². The van der Waals surface area contributed by atoms with Crippen molar-refractivity contribution in [2.75, 3.05) is 39.4 Å². The lowest BCUT2D eigenvalue weighted by Crippen LogP contribution is -2.59. The van der Waals surface area contributed by atoms with E-state index >= 15 is 0 Å². The fraction of sp³-hybridized carbons (Fsp3) is 0.857. The fourth-order valence-electron chi connectivity index (χ4n) is 3.24. The molecule has 2 rings (SSSR count). The Morgan fingerprint density at radius 2 is 2.05 bits per heavy atom. The molecule has 2 aliphatic heterocycles. The normalized spacial score (nSPS) is 27.3. The summed E-state index contributed by atoms with van der Waals surface area (Å²) >= 11 is 5.21. The number of amides is 1. The largest absolute Gasteiger partial charge is 0.392 e. The van der Waals surface area contributed by atoms with Gasteiger partial charge in [-0.05, 0) is 26.3 Å². The van der Waals surface area contributed by atoms with E-state index in [9.17, 15) is 4.79 Å². The van der Waals surface area contributed by atoms with Crippen molar-refractivity contribution in [1.29, 1.82) is 0 Å². The lowest BCUT2D eigenvalue weighted by Gasteiger charge is -2.44. The Labute approximate surface area is 126 Å². The Balaban J connectivity index is 2.11. The van der Waals surface area contributed by atoms with Crippen LogP contribution in [0.5, 0.6) is 0 Å². The molecule has 5 nitrogen and oxygen atoms in total. The molecule has 0 aliphatic carbocycles. The van der Waals surface area contributed by atoms with Crippen molar-refractivity contribution in [2.45, 2.75) is 32.7 Å². The molecule has 0 aromatic carbocycles. The van der Waals surface area contributed by atoms with Crippen molar-refractivity contribution in [2.24, 2.45) is 11.1 Å². The summed E-state index contributed by atoms with van der Waals surface area (Å²) in [5.41, 5.74) is 5.24. The number of rotatable bonds is 3. The molecule has 0 saturated carbocycles. The summed E-state index contributed by atoms with van der Waals surface area (Å²) in [6.45, 7) is 8.93. The van der Waals surface area contributed by atoms with Crippen molar-refractivity contribution in [1.82, 2.24) is 9.80 Å². The molecule has 0 radical (unpaired) electrons. The highest BCUT2D eigenvalue weighted by atomic mass is 32.1. The number of ether oxygens (including phenoxy) is 1. The van der Waals surface area contributed by atoms with E-state index in [1.807, 2.05) is 4.90 Å². The van der Waals surface area contributed by atoms with E-state index < -0.39 is 5.41 Å². The molecule has 20 heavy (non-hydrogen) atoms. The first-order valence-electron chi connectivity index (χ1n) is 7.42. The zero-order valence-electron chi connectivity index (χ0n) is 12.4. The van der Waals surface area contributed by atoms with E-state index in [-0.39, 0.29) is 5.91 Å². The highest BCUT2D eigenvalue weighted by molar-refractivity contribution is 7.80. The van der Waals surface area contributed by atoms with E-state index in [1.54, 1.807) is 0 Å². The van der Waals surface area contributed by atoms with Crippen LogP contribution in [0.3, 0.4) is 0 Å². The van der Waals surface area contributed by atoms with Crippen LogP contribution >= 0.6 is 12.2 Å². The van der Waals surface area contributed by atoms with Crippen LogP contribution < -0.4 is 5.73 Å². The maximum absolute atomic E-state index is 12.9. The van der Waals surface area contributed by atoms with Gasteiger partial charge in [0.25, 0.3) is 0 Å². The number of hydrogen-bond acceptors (Lipinski definition) is 4. The van der Waals surface area contributed by atoms with Gasteiger partial charge in [-0.1, -0.05) is 19.1 Å². The van der Waals surface area contributed by atoms with E-state index in [0.29, 0.717) is 37.1 Å². The molecule has 0 spiro atoms. The molecule has 0 bridgehead atoms. The standard InChI is InChI=1S/C14H25N3O2S/c1-3-16-6-7-17(10-11(16)2)13(18)14(12(15)20)4-8-19-9-5-14/h11H,3-10H2,1-2H3,(H2,15,20). The van der Waals surface area contributed by atoms with E-state index in [2.05, 4.69) is 18.7 Å². The first kappa shape index (κ1) is 15.7. The highest BCUT2D eigenvalue weighted by Crippen LogP contribution is 2.34. The molecule has 0 aromatic heterocycles. The Bertz CT molecular complexity index is 383. The first-order valence-corrected chi connectivity index (χ1v) is 7.83. The second-order valence-electron chi connectivity index (χ2n) is 5.79. The predicted molar refractivity (Wildman–Crippen MR) is 82.6 cm³/mol. The Morgan fingerprint density at radius 1 is 1.40 bits per heavy atom. The van der Waals surface area contributed by atoms with Crippen LogP contribution in [0.2, 0.25) is 0 Å².